The van der Waals surface area contributed by atoms with Gasteiger partial charge < -0.3 is 20.1 Å². The molecule has 134 valence electrons. The highest BCUT2D eigenvalue weighted by Gasteiger charge is 2.18. The van der Waals surface area contributed by atoms with Gasteiger partial charge in [0.1, 0.15) is 12.3 Å². The molecule has 0 fully saturated rings. The van der Waals surface area contributed by atoms with E-state index in [0.717, 1.165) is 24.1 Å². The molecule has 0 spiro atoms. The van der Waals surface area contributed by atoms with Crippen molar-refractivity contribution in [1.29, 1.82) is 0 Å². The monoisotopic (exact) mass is 344 g/mol. The van der Waals surface area contributed by atoms with Gasteiger partial charge >= 0.3 is 6.03 Å². The van der Waals surface area contributed by atoms with Crippen molar-refractivity contribution in [3.05, 3.63) is 41.7 Å². The number of para-hydroxylation sites is 1. The molecule has 3 amide bonds. The molecule has 2 rings (SSSR count). The summed E-state index contributed by atoms with van der Waals surface area (Å²) >= 11 is 0. The lowest BCUT2D eigenvalue weighted by atomic mass is 10.2. The van der Waals surface area contributed by atoms with E-state index in [1.807, 2.05) is 38.1 Å². The summed E-state index contributed by atoms with van der Waals surface area (Å²) in [5.74, 6) is 0.636. The summed E-state index contributed by atoms with van der Waals surface area (Å²) in [6.07, 6.45) is 1.75. The molecule has 0 radical (unpaired) electrons. The quantitative estimate of drug-likeness (QED) is 0.804. The summed E-state index contributed by atoms with van der Waals surface area (Å²) in [6, 6.07) is 8.86. The topological polar surface area (TPSA) is 87.5 Å². The van der Waals surface area contributed by atoms with Crippen LogP contribution in [-0.4, -0.2) is 35.1 Å². The van der Waals surface area contributed by atoms with E-state index >= 15 is 0 Å². The summed E-state index contributed by atoms with van der Waals surface area (Å²) in [5.41, 5.74) is 1.70. The van der Waals surface area contributed by atoms with Gasteiger partial charge in [-0.1, -0.05) is 36.7 Å². The third-order valence-corrected chi connectivity index (χ3v) is 3.69. The molecule has 0 unspecified atom stereocenters. The number of unbranched alkanes of at least 4 members (excludes halogenated alkanes) is 1. The summed E-state index contributed by atoms with van der Waals surface area (Å²) < 4.78 is 4.92. The van der Waals surface area contributed by atoms with Crippen LogP contribution < -0.4 is 10.6 Å². The first-order chi connectivity index (χ1) is 12.0. The van der Waals surface area contributed by atoms with Crippen molar-refractivity contribution in [2.45, 2.75) is 33.6 Å². The smallest absolute Gasteiger partial charge is 0.322 e. The molecule has 1 aromatic heterocycles. The highest BCUT2D eigenvalue weighted by Crippen LogP contribution is 2.14. The molecule has 2 N–H and O–H groups in total. The largest absolute Gasteiger partial charge is 0.360 e. The normalized spacial score (nSPS) is 10.4. The summed E-state index contributed by atoms with van der Waals surface area (Å²) in [5, 5.41) is 9.22. The molecule has 0 aliphatic heterocycles. The molecule has 7 heteroatoms. The molecule has 0 saturated carbocycles. The minimum atomic E-state index is -0.315. The Balaban J connectivity index is 2.00. The van der Waals surface area contributed by atoms with Gasteiger partial charge in [-0.15, -0.1) is 0 Å². The van der Waals surface area contributed by atoms with E-state index < -0.39 is 0 Å². The number of nitrogens with zero attached hydrogens (tertiary/aromatic N) is 2. The zero-order valence-corrected chi connectivity index (χ0v) is 14.8. The Kier molecular flexibility index (Phi) is 6.56. The predicted molar refractivity (Wildman–Crippen MR) is 96.5 cm³/mol. The van der Waals surface area contributed by atoms with Crippen LogP contribution in [0.3, 0.4) is 0 Å². The molecule has 25 heavy (non-hydrogen) atoms. The first-order valence-electron chi connectivity index (χ1n) is 8.34. The summed E-state index contributed by atoms with van der Waals surface area (Å²) in [7, 11) is 0. The van der Waals surface area contributed by atoms with Crippen molar-refractivity contribution in [1.82, 2.24) is 10.1 Å². The van der Waals surface area contributed by atoms with E-state index in [0.29, 0.717) is 18.1 Å². The van der Waals surface area contributed by atoms with Gasteiger partial charge in [0.15, 0.2) is 5.82 Å². The minimum Gasteiger partial charge on any atom is -0.360 e. The fourth-order valence-electron chi connectivity index (χ4n) is 2.29. The number of carbonyl (C=O) groups is 2. The lowest BCUT2D eigenvalue weighted by molar-refractivity contribution is -0.116. The van der Waals surface area contributed by atoms with Gasteiger partial charge in [-0.2, -0.15) is 0 Å². The van der Waals surface area contributed by atoms with Gasteiger partial charge in [0.05, 0.1) is 0 Å². The van der Waals surface area contributed by atoms with Crippen LogP contribution in [-0.2, 0) is 4.79 Å². The number of anilines is 2. The Morgan fingerprint density at radius 1 is 1.20 bits per heavy atom. The number of rotatable bonds is 7. The van der Waals surface area contributed by atoms with Gasteiger partial charge in [-0.25, -0.2) is 4.79 Å². The first kappa shape index (κ1) is 18.5. The van der Waals surface area contributed by atoms with Crippen LogP contribution in [0.1, 0.15) is 31.1 Å². The van der Waals surface area contributed by atoms with Crippen molar-refractivity contribution >= 4 is 23.4 Å². The van der Waals surface area contributed by atoms with Gasteiger partial charge in [0.25, 0.3) is 0 Å². The lowest BCUT2D eigenvalue weighted by Gasteiger charge is -2.22. The highest BCUT2D eigenvalue weighted by atomic mass is 16.5. The third kappa shape index (κ3) is 5.63. The number of aryl methyl sites for hydroxylation is 2. The molecule has 7 nitrogen and oxygen atoms in total. The molecule has 1 aromatic carbocycles. The van der Waals surface area contributed by atoms with Crippen LogP contribution >= 0.6 is 0 Å². The Hall–Kier alpha value is -2.83. The zero-order chi connectivity index (χ0) is 18.2. The number of hydrogen-bond acceptors (Lipinski definition) is 4. The van der Waals surface area contributed by atoms with E-state index in [2.05, 4.69) is 15.8 Å². The van der Waals surface area contributed by atoms with E-state index in [1.165, 1.54) is 4.90 Å². The zero-order valence-electron chi connectivity index (χ0n) is 14.8. The molecular formula is C18H24N4O3. The van der Waals surface area contributed by atoms with E-state index in [9.17, 15) is 9.59 Å². The maximum atomic E-state index is 12.6. The average Bonchev–Trinajstić information content (AvgIpc) is 2.98. The molecule has 2 aromatic rings. The maximum absolute atomic E-state index is 12.6. The molecule has 0 atom stereocenters. The first-order valence-corrected chi connectivity index (χ1v) is 8.34. The van der Waals surface area contributed by atoms with Crippen molar-refractivity contribution < 1.29 is 14.1 Å². The van der Waals surface area contributed by atoms with E-state index in [1.54, 1.807) is 13.0 Å². The average molecular weight is 344 g/mol. The van der Waals surface area contributed by atoms with Crippen LogP contribution in [0.25, 0.3) is 0 Å². The van der Waals surface area contributed by atoms with E-state index in [-0.39, 0.29) is 18.5 Å². The minimum absolute atomic E-state index is 0.0520. The number of amides is 3. The van der Waals surface area contributed by atoms with Crippen molar-refractivity contribution in [2.75, 3.05) is 23.7 Å². The molecule has 0 saturated heterocycles. The molecule has 0 bridgehead atoms. The van der Waals surface area contributed by atoms with Gasteiger partial charge in [-0.05, 0) is 31.9 Å². The highest BCUT2D eigenvalue weighted by molar-refractivity contribution is 5.96. The number of nitrogens with one attached hydrogen (secondary N) is 2. The number of carbonyl (C=O) groups excluding carboxylic acids is 2. The van der Waals surface area contributed by atoms with Crippen LogP contribution in [0, 0.1) is 13.8 Å². The predicted octanol–water partition coefficient (Wildman–Crippen LogP) is 3.56. The number of urea groups is 1. The molecule has 1 heterocycles. The number of aromatic nitrogens is 1. The maximum Gasteiger partial charge on any atom is 0.322 e. The standard InChI is InChI=1S/C18H24N4O3/c1-4-5-10-22(12-17(23)20-16-11-14(3)25-21-16)18(24)19-15-9-7-6-8-13(15)2/h6-9,11H,4-5,10,12H2,1-3H3,(H,19,24)(H,20,21,23). The van der Waals surface area contributed by atoms with Crippen LogP contribution in [0.4, 0.5) is 16.3 Å². The Morgan fingerprint density at radius 2 is 1.96 bits per heavy atom. The summed E-state index contributed by atoms with van der Waals surface area (Å²) in [4.78, 5) is 26.3. The second-order valence-corrected chi connectivity index (χ2v) is 5.89. The van der Waals surface area contributed by atoms with Crippen LogP contribution in [0.5, 0.6) is 0 Å². The fraction of sp³-hybridized carbons (Fsp3) is 0.389. The Morgan fingerprint density at radius 3 is 2.60 bits per heavy atom. The van der Waals surface area contributed by atoms with Gasteiger partial charge in [0, 0.05) is 18.3 Å². The van der Waals surface area contributed by atoms with Gasteiger partial charge in [0.2, 0.25) is 5.91 Å². The van der Waals surface area contributed by atoms with Crippen molar-refractivity contribution in [3.8, 4) is 0 Å². The third-order valence-electron chi connectivity index (χ3n) is 3.69. The molecule has 0 aliphatic rings. The lowest BCUT2D eigenvalue weighted by Crippen LogP contribution is -2.41. The van der Waals surface area contributed by atoms with Crippen molar-refractivity contribution in [2.24, 2.45) is 0 Å². The number of benzene rings is 1. The van der Waals surface area contributed by atoms with Crippen molar-refractivity contribution in [3.63, 3.8) is 0 Å². The number of hydrogen-bond donors (Lipinski definition) is 2. The summed E-state index contributed by atoms with van der Waals surface area (Å²) in [6.45, 7) is 6.15. The Bertz CT molecular complexity index is 727. The second kappa shape index (κ2) is 8.86. The molecular weight excluding hydrogens is 320 g/mol. The van der Waals surface area contributed by atoms with Gasteiger partial charge in [-0.3, -0.25) is 4.79 Å². The van der Waals surface area contributed by atoms with Crippen LogP contribution in [0.15, 0.2) is 34.9 Å². The SMILES string of the molecule is CCCCN(CC(=O)Nc1cc(C)on1)C(=O)Nc1ccccc1C. The van der Waals surface area contributed by atoms with Crippen LogP contribution in [0.2, 0.25) is 0 Å². The molecule has 0 aliphatic carbocycles. The Labute approximate surface area is 147 Å². The van der Waals surface area contributed by atoms with E-state index in [4.69, 9.17) is 4.52 Å². The second-order valence-electron chi connectivity index (χ2n) is 5.89. The fourth-order valence-corrected chi connectivity index (χ4v) is 2.29.